The monoisotopic (exact) mass is 396 g/mol. The molecule has 0 fully saturated rings. The Morgan fingerprint density at radius 3 is 2.80 bits per heavy atom. The summed E-state index contributed by atoms with van der Waals surface area (Å²) in [5.74, 6) is -0.901. The number of halogens is 3. The molecule has 0 unspecified atom stereocenters. The third-order valence-electron chi connectivity index (χ3n) is 3.14. The van der Waals surface area contributed by atoms with Gasteiger partial charge in [-0.1, -0.05) is 41.0 Å². The largest absolute Gasteiger partial charge is 0.323 e. The molecule has 3 aromatic rings. The van der Waals surface area contributed by atoms with Crippen LogP contribution in [0.15, 0.2) is 53.9 Å². The van der Waals surface area contributed by atoms with Crippen LogP contribution in [0.1, 0.15) is 0 Å². The van der Waals surface area contributed by atoms with Crippen molar-refractivity contribution in [3.8, 4) is 5.69 Å². The molecule has 0 radical (unpaired) electrons. The summed E-state index contributed by atoms with van der Waals surface area (Å²) in [6.07, 6.45) is 1.53. The quantitative estimate of drug-likeness (QED) is 0.647. The average molecular weight is 397 g/mol. The lowest BCUT2D eigenvalue weighted by Crippen LogP contribution is -2.15. The van der Waals surface area contributed by atoms with Crippen molar-refractivity contribution >= 4 is 46.6 Å². The lowest BCUT2D eigenvalue weighted by molar-refractivity contribution is -0.113. The van der Waals surface area contributed by atoms with E-state index >= 15 is 0 Å². The molecule has 25 heavy (non-hydrogen) atoms. The van der Waals surface area contributed by atoms with Crippen molar-refractivity contribution in [2.24, 2.45) is 0 Å². The van der Waals surface area contributed by atoms with Crippen LogP contribution in [-0.4, -0.2) is 26.4 Å². The number of carbonyl (C=O) groups excluding carboxylic acids is 1. The number of rotatable bonds is 5. The highest BCUT2D eigenvalue weighted by molar-refractivity contribution is 7.99. The van der Waals surface area contributed by atoms with Crippen molar-refractivity contribution in [1.82, 2.24) is 14.8 Å². The number of amides is 1. The number of carbonyl (C=O) groups is 1. The van der Waals surface area contributed by atoms with Crippen LogP contribution in [0.25, 0.3) is 5.69 Å². The van der Waals surface area contributed by atoms with Gasteiger partial charge >= 0.3 is 0 Å². The summed E-state index contributed by atoms with van der Waals surface area (Å²) in [6.45, 7) is 0. The third-order valence-corrected chi connectivity index (χ3v) is 4.55. The molecule has 5 nitrogen and oxygen atoms in total. The number of nitrogens with one attached hydrogen (secondary N) is 1. The molecule has 1 heterocycles. The zero-order chi connectivity index (χ0) is 17.8. The van der Waals surface area contributed by atoms with Crippen LogP contribution < -0.4 is 5.32 Å². The van der Waals surface area contributed by atoms with Crippen molar-refractivity contribution < 1.29 is 9.18 Å². The average Bonchev–Trinajstić information content (AvgIpc) is 3.05. The molecule has 3 rings (SSSR count). The van der Waals surface area contributed by atoms with Gasteiger partial charge in [0.2, 0.25) is 5.91 Å². The molecule has 0 aliphatic rings. The van der Waals surface area contributed by atoms with Gasteiger partial charge in [0.25, 0.3) is 0 Å². The molecule has 0 spiro atoms. The van der Waals surface area contributed by atoms with Gasteiger partial charge in [-0.2, -0.15) is 0 Å². The molecule has 2 aromatic carbocycles. The number of aromatic nitrogens is 3. The molecule has 9 heteroatoms. The Morgan fingerprint density at radius 2 is 2.00 bits per heavy atom. The first-order valence-electron chi connectivity index (χ1n) is 7.06. The van der Waals surface area contributed by atoms with E-state index in [2.05, 4.69) is 15.5 Å². The van der Waals surface area contributed by atoms with E-state index in [1.807, 2.05) is 6.07 Å². The van der Waals surface area contributed by atoms with Gasteiger partial charge in [0.05, 0.1) is 17.1 Å². The van der Waals surface area contributed by atoms with E-state index in [1.165, 1.54) is 36.3 Å². The second-order valence-corrected chi connectivity index (χ2v) is 6.74. The molecule has 0 atom stereocenters. The number of benzene rings is 2. The fraction of sp³-hybridized carbons (Fsp3) is 0.0625. The Hall–Kier alpha value is -2.09. The topological polar surface area (TPSA) is 59.8 Å². The van der Waals surface area contributed by atoms with E-state index in [4.69, 9.17) is 23.2 Å². The molecule has 0 aliphatic carbocycles. The lowest BCUT2D eigenvalue weighted by atomic mass is 10.3. The molecular formula is C16H11Cl2FN4OS. The predicted octanol–water partition coefficient (Wildman–Crippen LogP) is 4.44. The summed E-state index contributed by atoms with van der Waals surface area (Å²) in [5.41, 5.74) is 0.815. The first kappa shape index (κ1) is 17.7. The number of anilines is 1. The van der Waals surface area contributed by atoms with Crippen molar-refractivity contribution in [3.05, 3.63) is 64.7 Å². The first-order chi connectivity index (χ1) is 12.0. The first-order valence-corrected chi connectivity index (χ1v) is 8.81. The Labute approximate surface area is 157 Å². The Morgan fingerprint density at radius 1 is 1.20 bits per heavy atom. The molecular weight excluding hydrogens is 386 g/mol. The minimum atomic E-state index is -0.551. The van der Waals surface area contributed by atoms with E-state index in [1.54, 1.807) is 22.8 Å². The van der Waals surface area contributed by atoms with Gasteiger partial charge in [-0.05, 0) is 36.4 Å². The minimum Gasteiger partial charge on any atom is -0.323 e. The summed E-state index contributed by atoms with van der Waals surface area (Å²) in [5, 5.41) is 11.8. The second-order valence-electron chi connectivity index (χ2n) is 4.92. The highest BCUT2D eigenvalue weighted by Crippen LogP contribution is 2.23. The third kappa shape index (κ3) is 4.50. The number of hydrogen-bond donors (Lipinski definition) is 1. The number of thioether (sulfide) groups is 1. The summed E-state index contributed by atoms with van der Waals surface area (Å²) >= 11 is 13.0. The normalized spacial score (nSPS) is 10.7. The molecule has 1 amide bonds. The van der Waals surface area contributed by atoms with Crippen molar-refractivity contribution in [2.45, 2.75) is 5.16 Å². The summed E-state index contributed by atoms with van der Waals surface area (Å²) < 4.78 is 15.4. The fourth-order valence-electron chi connectivity index (χ4n) is 2.04. The van der Waals surface area contributed by atoms with Gasteiger partial charge < -0.3 is 5.32 Å². The maximum Gasteiger partial charge on any atom is 0.234 e. The highest BCUT2D eigenvalue weighted by atomic mass is 35.5. The van der Waals surface area contributed by atoms with E-state index < -0.39 is 5.82 Å². The van der Waals surface area contributed by atoms with Gasteiger partial charge in [-0.25, -0.2) is 4.39 Å². The summed E-state index contributed by atoms with van der Waals surface area (Å²) in [4.78, 5) is 12.1. The second kappa shape index (κ2) is 7.86. The molecule has 0 bridgehead atoms. The summed E-state index contributed by atoms with van der Waals surface area (Å²) in [6, 6.07) is 11.1. The highest BCUT2D eigenvalue weighted by Gasteiger charge is 2.12. The smallest absolute Gasteiger partial charge is 0.234 e. The Balaban J connectivity index is 1.67. The molecule has 1 N–H and O–H groups in total. The van der Waals surface area contributed by atoms with Crippen molar-refractivity contribution in [1.29, 1.82) is 0 Å². The van der Waals surface area contributed by atoms with Crippen LogP contribution in [0.5, 0.6) is 0 Å². The predicted molar refractivity (Wildman–Crippen MR) is 97.1 cm³/mol. The molecule has 1 aromatic heterocycles. The standard InChI is InChI=1S/C16H11Cl2FN4OS/c17-10-2-1-3-12(6-10)23-9-20-22-16(23)25-8-15(24)21-14-7-11(18)4-5-13(14)19/h1-7,9H,8H2,(H,21,24). The molecule has 0 saturated carbocycles. The minimum absolute atomic E-state index is 0.0329. The van der Waals surface area contributed by atoms with E-state index in [-0.39, 0.29) is 17.3 Å². The molecule has 0 saturated heterocycles. The van der Waals surface area contributed by atoms with Gasteiger partial charge in [-0.15, -0.1) is 10.2 Å². The molecule has 128 valence electrons. The maximum atomic E-state index is 13.6. The number of hydrogen-bond acceptors (Lipinski definition) is 4. The maximum absolute atomic E-state index is 13.6. The lowest BCUT2D eigenvalue weighted by Gasteiger charge is -2.08. The Bertz CT molecular complexity index is 919. The van der Waals surface area contributed by atoms with Gasteiger partial charge in [0, 0.05) is 10.0 Å². The molecule has 0 aliphatic heterocycles. The van der Waals surface area contributed by atoms with Gasteiger partial charge in [0.15, 0.2) is 5.16 Å². The van der Waals surface area contributed by atoms with E-state index in [0.717, 1.165) is 5.69 Å². The zero-order valence-corrected chi connectivity index (χ0v) is 14.9. The summed E-state index contributed by atoms with van der Waals surface area (Å²) in [7, 11) is 0. The van der Waals surface area contributed by atoms with Crippen molar-refractivity contribution in [2.75, 3.05) is 11.1 Å². The van der Waals surface area contributed by atoms with Crippen LogP contribution in [0.3, 0.4) is 0 Å². The van der Waals surface area contributed by atoms with Crippen LogP contribution in [-0.2, 0) is 4.79 Å². The van der Waals surface area contributed by atoms with E-state index in [9.17, 15) is 9.18 Å². The zero-order valence-electron chi connectivity index (χ0n) is 12.6. The number of nitrogens with zero attached hydrogens (tertiary/aromatic N) is 3. The van der Waals surface area contributed by atoms with Crippen LogP contribution >= 0.6 is 35.0 Å². The SMILES string of the molecule is O=C(CSc1nncn1-c1cccc(Cl)c1)Nc1cc(Cl)ccc1F. The van der Waals surface area contributed by atoms with Crippen LogP contribution in [0, 0.1) is 5.82 Å². The fourth-order valence-corrected chi connectivity index (χ4v) is 3.12. The van der Waals surface area contributed by atoms with Gasteiger partial charge in [0.1, 0.15) is 12.1 Å². The van der Waals surface area contributed by atoms with Crippen LogP contribution in [0.4, 0.5) is 10.1 Å². The van der Waals surface area contributed by atoms with Crippen molar-refractivity contribution in [3.63, 3.8) is 0 Å². The Kier molecular flexibility index (Phi) is 5.57. The van der Waals surface area contributed by atoms with Crippen LogP contribution in [0.2, 0.25) is 10.0 Å². The van der Waals surface area contributed by atoms with E-state index in [0.29, 0.717) is 15.2 Å². The van der Waals surface area contributed by atoms with Gasteiger partial charge in [-0.3, -0.25) is 9.36 Å².